The molecule has 0 saturated heterocycles. The molecule has 3 rings (SSSR count). The Bertz CT molecular complexity index is 588. The van der Waals surface area contributed by atoms with Crippen molar-refractivity contribution in [2.24, 2.45) is 10.9 Å². The molecule has 0 radical (unpaired) electrons. The molecule has 0 bridgehead atoms. The Morgan fingerprint density at radius 2 is 2.14 bits per heavy atom. The van der Waals surface area contributed by atoms with Gasteiger partial charge in [-0.15, -0.1) is 35.3 Å². The van der Waals surface area contributed by atoms with Gasteiger partial charge >= 0.3 is 0 Å². The van der Waals surface area contributed by atoms with Gasteiger partial charge in [-0.3, -0.25) is 4.99 Å². The highest BCUT2D eigenvalue weighted by molar-refractivity contribution is 14.0. The summed E-state index contributed by atoms with van der Waals surface area (Å²) in [6.07, 6.45) is 4.82. The van der Waals surface area contributed by atoms with Crippen molar-refractivity contribution in [2.75, 3.05) is 20.1 Å². The van der Waals surface area contributed by atoms with Crippen LogP contribution in [0.25, 0.3) is 10.2 Å². The second-order valence-corrected chi connectivity index (χ2v) is 6.62. The first-order chi connectivity index (χ1) is 10.3. The number of hydrogen-bond acceptors (Lipinski definition) is 3. The zero-order chi connectivity index (χ0) is 14.5. The fraction of sp³-hybridized carbons (Fsp3) is 0.500. The first-order valence-electron chi connectivity index (χ1n) is 7.64. The monoisotopic (exact) mass is 430 g/mol. The molecule has 22 heavy (non-hydrogen) atoms. The maximum absolute atomic E-state index is 4.66. The van der Waals surface area contributed by atoms with Gasteiger partial charge in [0.15, 0.2) is 5.96 Å². The predicted octanol–water partition coefficient (Wildman–Crippen LogP) is 3.42. The summed E-state index contributed by atoms with van der Waals surface area (Å²) in [6.45, 7) is 1.98. The molecule has 120 valence electrons. The van der Waals surface area contributed by atoms with E-state index in [0.29, 0.717) is 0 Å². The van der Waals surface area contributed by atoms with Crippen LogP contribution in [0.3, 0.4) is 0 Å². The Hall–Kier alpha value is -0.890. The van der Waals surface area contributed by atoms with Crippen LogP contribution in [0.2, 0.25) is 0 Å². The van der Waals surface area contributed by atoms with Gasteiger partial charge in [-0.2, -0.15) is 0 Å². The Morgan fingerprint density at radius 3 is 2.86 bits per heavy atom. The smallest absolute Gasteiger partial charge is 0.190 e. The van der Waals surface area contributed by atoms with Gasteiger partial charge in [0, 0.05) is 26.6 Å². The van der Waals surface area contributed by atoms with Crippen LogP contribution in [0.5, 0.6) is 0 Å². The molecule has 1 saturated carbocycles. The van der Waals surface area contributed by atoms with Crippen molar-refractivity contribution in [3.05, 3.63) is 29.3 Å². The number of rotatable bonds is 6. The molecule has 0 amide bonds. The molecule has 0 spiro atoms. The predicted molar refractivity (Wildman–Crippen MR) is 105 cm³/mol. The summed E-state index contributed by atoms with van der Waals surface area (Å²) in [5.41, 5.74) is 1.12. The first-order valence-corrected chi connectivity index (χ1v) is 8.46. The normalized spacial score (nSPS) is 14.7. The number of nitrogens with one attached hydrogen (secondary N) is 2. The minimum atomic E-state index is 0. The fourth-order valence-electron chi connectivity index (χ4n) is 2.26. The molecule has 0 unspecified atom stereocenters. The van der Waals surface area contributed by atoms with Gasteiger partial charge in [-0.1, -0.05) is 12.1 Å². The molecule has 4 nitrogen and oxygen atoms in total. The lowest BCUT2D eigenvalue weighted by atomic mass is 10.3. The molecule has 6 heteroatoms. The highest BCUT2D eigenvalue weighted by Gasteiger charge is 2.20. The molecule has 1 aromatic carbocycles. The quantitative estimate of drug-likeness (QED) is 0.320. The van der Waals surface area contributed by atoms with Crippen LogP contribution in [-0.2, 0) is 6.42 Å². The van der Waals surface area contributed by atoms with Crippen molar-refractivity contribution in [1.82, 2.24) is 15.6 Å². The summed E-state index contributed by atoms with van der Waals surface area (Å²) in [6, 6.07) is 8.33. The molecule has 2 aromatic rings. The number of aryl methyl sites for hydroxylation is 1. The van der Waals surface area contributed by atoms with Gasteiger partial charge in [-0.05, 0) is 37.3 Å². The lowest BCUT2D eigenvalue weighted by molar-refractivity contribution is 0.713. The van der Waals surface area contributed by atoms with E-state index < -0.39 is 0 Å². The highest BCUT2D eigenvalue weighted by Crippen LogP contribution is 2.27. The molecular formula is C16H23IN4S. The molecule has 0 atom stereocenters. The number of nitrogens with zero attached hydrogens (tertiary/aromatic N) is 2. The van der Waals surface area contributed by atoms with E-state index in [4.69, 9.17) is 0 Å². The third-order valence-electron chi connectivity index (χ3n) is 3.68. The van der Waals surface area contributed by atoms with Crippen LogP contribution in [-0.4, -0.2) is 31.1 Å². The van der Waals surface area contributed by atoms with Crippen molar-refractivity contribution in [2.45, 2.75) is 25.7 Å². The van der Waals surface area contributed by atoms with Gasteiger partial charge < -0.3 is 10.6 Å². The van der Waals surface area contributed by atoms with Gasteiger partial charge in [0.1, 0.15) is 0 Å². The Balaban J connectivity index is 0.00000176. The maximum atomic E-state index is 4.66. The van der Waals surface area contributed by atoms with Gasteiger partial charge in [-0.25, -0.2) is 4.98 Å². The third-order valence-corrected chi connectivity index (χ3v) is 4.77. The number of para-hydroxylation sites is 1. The molecule has 1 fully saturated rings. The van der Waals surface area contributed by atoms with Crippen molar-refractivity contribution in [3.8, 4) is 0 Å². The van der Waals surface area contributed by atoms with Crippen LogP contribution >= 0.6 is 35.3 Å². The van der Waals surface area contributed by atoms with E-state index in [1.807, 2.05) is 13.1 Å². The summed E-state index contributed by atoms with van der Waals surface area (Å²) >= 11 is 1.80. The van der Waals surface area contributed by atoms with E-state index in [0.717, 1.165) is 43.3 Å². The van der Waals surface area contributed by atoms with Gasteiger partial charge in [0.2, 0.25) is 0 Å². The van der Waals surface area contributed by atoms with Gasteiger partial charge in [0.05, 0.1) is 15.2 Å². The number of halogens is 1. The standard InChI is InChI=1S/C16H22N4S.HI/c1-17-16(19-11-12-8-9-12)18-10-4-7-15-20-13-5-2-3-6-14(13)21-15;/h2-3,5-6,12H,4,7-11H2,1H3,(H2,17,18,19);1H. The molecule has 1 heterocycles. The highest BCUT2D eigenvalue weighted by atomic mass is 127. The largest absolute Gasteiger partial charge is 0.356 e. The third kappa shape index (κ3) is 5.08. The Kier molecular flexibility index (Phi) is 6.88. The van der Waals surface area contributed by atoms with Crippen LogP contribution in [0, 0.1) is 5.92 Å². The average molecular weight is 430 g/mol. The van der Waals surface area contributed by atoms with E-state index >= 15 is 0 Å². The number of benzene rings is 1. The summed E-state index contributed by atoms with van der Waals surface area (Å²) in [5.74, 6) is 1.79. The average Bonchev–Trinajstić information content (AvgIpc) is 3.24. The lowest BCUT2D eigenvalue weighted by Crippen LogP contribution is -2.38. The molecule has 2 N–H and O–H groups in total. The van der Waals surface area contributed by atoms with Crippen LogP contribution in [0.15, 0.2) is 29.3 Å². The van der Waals surface area contributed by atoms with E-state index in [1.54, 1.807) is 11.3 Å². The second kappa shape index (κ2) is 8.67. The first kappa shape index (κ1) is 17.5. The molecular weight excluding hydrogens is 407 g/mol. The van der Waals surface area contributed by atoms with Crippen molar-refractivity contribution < 1.29 is 0 Å². The minimum Gasteiger partial charge on any atom is -0.356 e. The summed E-state index contributed by atoms with van der Waals surface area (Å²) in [4.78, 5) is 8.91. The minimum absolute atomic E-state index is 0. The fourth-order valence-corrected chi connectivity index (χ4v) is 3.27. The van der Waals surface area contributed by atoms with Crippen LogP contribution in [0.1, 0.15) is 24.3 Å². The number of thiazole rings is 1. The van der Waals surface area contributed by atoms with Crippen molar-refractivity contribution >= 4 is 51.5 Å². The molecule has 1 aromatic heterocycles. The molecule has 1 aliphatic rings. The number of aliphatic imine (C=N–C) groups is 1. The molecule has 0 aliphatic heterocycles. The van der Waals surface area contributed by atoms with E-state index in [1.165, 1.54) is 22.5 Å². The van der Waals surface area contributed by atoms with Crippen LogP contribution < -0.4 is 10.6 Å². The van der Waals surface area contributed by atoms with E-state index in [2.05, 4.69) is 38.8 Å². The SMILES string of the molecule is CN=C(NCCCc1nc2ccccc2s1)NCC1CC1.I. The van der Waals surface area contributed by atoms with Crippen molar-refractivity contribution in [1.29, 1.82) is 0 Å². The molecule has 1 aliphatic carbocycles. The van der Waals surface area contributed by atoms with Gasteiger partial charge in [0.25, 0.3) is 0 Å². The van der Waals surface area contributed by atoms with Crippen molar-refractivity contribution in [3.63, 3.8) is 0 Å². The lowest BCUT2D eigenvalue weighted by Gasteiger charge is -2.10. The number of aromatic nitrogens is 1. The second-order valence-electron chi connectivity index (χ2n) is 5.50. The van der Waals surface area contributed by atoms with Crippen LogP contribution in [0.4, 0.5) is 0 Å². The summed E-state index contributed by atoms with van der Waals surface area (Å²) in [7, 11) is 1.83. The Morgan fingerprint density at radius 1 is 1.32 bits per heavy atom. The Labute approximate surface area is 152 Å². The topological polar surface area (TPSA) is 49.3 Å². The number of guanidine groups is 1. The maximum Gasteiger partial charge on any atom is 0.190 e. The zero-order valence-corrected chi connectivity index (χ0v) is 16.0. The zero-order valence-electron chi connectivity index (χ0n) is 12.8. The summed E-state index contributed by atoms with van der Waals surface area (Å²) in [5, 5.41) is 7.97. The summed E-state index contributed by atoms with van der Waals surface area (Å²) < 4.78 is 1.28. The number of hydrogen-bond donors (Lipinski definition) is 2. The van der Waals surface area contributed by atoms with E-state index in [-0.39, 0.29) is 24.0 Å². The number of fused-ring (bicyclic) bond motifs is 1. The van der Waals surface area contributed by atoms with E-state index in [9.17, 15) is 0 Å².